The first kappa shape index (κ1) is 13.6. The molecule has 0 aliphatic heterocycles. The summed E-state index contributed by atoms with van der Waals surface area (Å²) in [6.07, 6.45) is 4.08. The highest BCUT2D eigenvalue weighted by atomic mass is 19.1. The Hall–Kier alpha value is -3.02. The van der Waals surface area contributed by atoms with Crippen LogP contribution < -0.4 is 5.32 Å². The van der Waals surface area contributed by atoms with Gasteiger partial charge >= 0.3 is 0 Å². The molecular formula is C17H14FN5. The Bertz CT molecular complexity index is 965. The largest absolute Gasteiger partial charge is 0.369 e. The van der Waals surface area contributed by atoms with E-state index in [0.717, 1.165) is 28.7 Å². The van der Waals surface area contributed by atoms with Crippen molar-refractivity contribution in [2.45, 2.75) is 6.42 Å². The summed E-state index contributed by atoms with van der Waals surface area (Å²) in [6.45, 7) is 0.705. The smallest absolute Gasteiger partial charge is 0.143 e. The van der Waals surface area contributed by atoms with Gasteiger partial charge in [0.25, 0.3) is 0 Å². The maximum Gasteiger partial charge on any atom is 0.143 e. The molecule has 0 radical (unpaired) electrons. The summed E-state index contributed by atoms with van der Waals surface area (Å²) < 4.78 is 13.4. The molecule has 3 heterocycles. The topological polar surface area (TPSA) is 66.5 Å². The predicted molar refractivity (Wildman–Crippen MR) is 87.8 cm³/mol. The number of aromatic nitrogens is 4. The highest BCUT2D eigenvalue weighted by Crippen LogP contribution is 2.29. The number of benzene rings is 1. The van der Waals surface area contributed by atoms with Crippen LogP contribution in [-0.4, -0.2) is 26.5 Å². The molecule has 1 aromatic carbocycles. The highest BCUT2D eigenvalue weighted by Gasteiger charge is 2.11. The van der Waals surface area contributed by atoms with Crippen molar-refractivity contribution < 1.29 is 4.39 Å². The van der Waals surface area contributed by atoms with Gasteiger partial charge in [0.1, 0.15) is 23.6 Å². The van der Waals surface area contributed by atoms with E-state index in [-0.39, 0.29) is 5.82 Å². The van der Waals surface area contributed by atoms with Gasteiger partial charge in [0.2, 0.25) is 0 Å². The number of rotatable bonds is 4. The number of hydrogen-bond acceptors (Lipinski definition) is 4. The standard InChI is InChI=1S/C17H14FN5/c18-11-4-5-13-14(9-11)23-17-15(13)16(21-10-22-17)20-8-6-12-3-1-2-7-19-12/h1-5,7,9-10H,6,8H2,(H2,20,21,22,23). The lowest BCUT2D eigenvalue weighted by Gasteiger charge is -2.06. The van der Waals surface area contributed by atoms with Crippen LogP contribution in [0.1, 0.15) is 5.69 Å². The van der Waals surface area contributed by atoms with Crippen LogP contribution in [0.15, 0.2) is 48.9 Å². The molecule has 23 heavy (non-hydrogen) atoms. The second-order valence-corrected chi connectivity index (χ2v) is 5.26. The van der Waals surface area contributed by atoms with E-state index in [9.17, 15) is 4.39 Å². The quantitative estimate of drug-likeness (QED) is 0.607. The van der Waals surface area contributed by atoms with Crippen LogP contribution in [0.3, 0.4) is 0 Å². The lowest BCUT2D eigenvalue weighted by atomic mass is 10.2. The van der Waals surface area contributed by atoms with E-state index in [1.54, 1.807) is 12.3 Å². The van der Waals surface area contributed by atoms with Gasteiger partial charge in [-0.15, -0.1) is 0 Å². The molecule has 0 amide bonds. The third-order valence-electron chi connectivity index (χ3n) is 3.75. The molecule has 0 aliphatic carbocycles. The van der Waals surface area contributed by atoms with Crippen molar-refractivity contribution in [2.24, 2.45) is 0 Å². The van der Waals surface area contributed by atoms with Crippen LogP contribution in [0, 0.1) is 5.82 Å². The molecule has 0 unspecified atom stereocenters. The van der Waals surface area contributed by atoms with E-state index in [0.29, 0.717) is 17.7 Å². The van der Waals surface area contributed by atoms with E-state index in [1.807, 2.05) is 18.2 Å². The number of aromatic amines is 1. The first-order chi connectivity index (χ1) is 11.3. The zero-order valence-electron chi connectivity index (χ0n) is 12.3. The van der Waals surface area contributed by atoms with Crippen LogP contribution >= 0.6 is 0 Å². The molecule has 0 saturated carbocycles. The Morgan fingerprint density at radius 3 is 2.91 bits per heavy atom. The van der Waals surface area contributed by atoms with Gasteiger partial charge in [-0.25, -0.2) is 14.4 Å². The van der Waals surface area contributed by atoms with Gasteiger partial charge in [-0.3, -0.25) is 4.98 Å². The maximum absolute atomic E-state index is 13.4. The molecule has 0 fully saturated rings. The lowest BCUT2D eigenvalue weighted by Crippen LogP contribution is -2.07. The minimum atomic E-state index is -0.276. The fourth-order valence-corrected chi connectivity index (χ4v) is 2.69. The summed E-state index contributed by atoms with van der Waals surface area (Å²) in [6, 6.07) is 10.5. The molecule has 5 nitrogen and oxygen atoms in total. The number of anilines is 1. The van der Waals surface area contributed by atoms with Crippen molar-refractivity contribution >= 4 is 27.8 Å². The molecule has 3 aromatic heterocycles. The van der Waals surface area contributed by atoms with Crippen molar-refractivity contribution in [3.05, 3.63) is 60.4 Å². The van der Waals surface area contributed by atoms with Gasteiger partial charge in [0, 0.05) is 30.2 Å². The lowest BCUT2D eigenvalue weighted by molar-refractivity contribution is 0.629. The van der Waals surface area contributed by atoms with Crippen molar-refractivity contribution in [3.8, 4) is 0 Å². The first-order valence-electron chi connectivity index (χ1n) is 7.37. The number of H-pyrrole nitrogens is 1. The number of halogens is 1. The third-order valence-corrected chi connectivity index (χ3v) is 3.75. The number of pyridine rings is 1. The predicted octanol–water partition coefficient (Wildman–Crippen LogP) is 3.30. The molecule has 0 saturated heterocycles. The van der Waals surface area contributed by atoms with Crippen LogP contribution in [-0.2, 0) is 6.42 Å². The zero-order valence-corrected chi connectivity index (χ0v) is 12.3. The number of hydrogen-bond donors (Lipinski definition) is 2. The van der Waals surface area contributed by atoms with Crippen molar-refractivity contribution in [1.29, 1.82) is 0 Å². The second-order valence-electron chi connectivity index (χ2n) is 5.26. The van der Waals surface area contributed by atoms with Crippen LogP contribution in [0.25, 0.3) is 21.9 Å². The second kappa shape index (κ2) is 5.64. The molecule has 0 atom stereocenters. The van der Waals surface area contributed by atoms with E-state index in [1.165, 1.54) is 18.5 Å². The summed E-state index contributed by atoms with van der Waals surface area (Å²) in [5.41, 5.74) is 2.43. The molecule has 4 rings (SSSR count). The molecule has 0 aliphatic rings. The van der Waals surface area contributed by atoms with Crippen molar-refractivity contribution in [3.63, 3.8) is 0 Å². The molecule has 114 valence electrons. The fourth-order valence-electron chi connectivity index (χ4n) is 2.69. The number of nitrogens with zero attached hydrogens (tertiary/aromatic N) is 3. The van der Waals surface area contributed by atoms with Crippen LogP contribution in [0.5, 0.6) is 0 Å². The Balaban J connectivity index is 1.65. The highest BCUT2D eigenvalue weighted by molar-refractivity contribution is 6.10. The number of fused-ring (bicyclic) bond motifs is 3. The monoisotopic (exact) mass is 307 g/mol. The summed E-state index contributed by atoms with van der Waals surface area (Å²) in [4.78, 5) is 16.0. The minimum Gasteiger partial charge on any atom is -0.369 e. The average molecular weight is 307 g/mol. The average Bonchev–Trinajstić information content (AvgIpc) is 2.94. The summed E-state index contributed by atoms with van der Waals surface area (Å²) >= 11 is 0. The summed E-state index contributed by atoms with van der Waals surface area (Å²) in [5.74, 6) is 0.463. The fraction of sp³-hybridized carbons (Fsp3) is 0.118. The van der Waals surface area contributed by atoms with E-state index < -0.39 is 0 Å². The Labute approximate surface area is 131 Å². The minimum absolute atomic E-state index is 0.276. The van der Waals surface area contributed by atoms with Gasteiger partial charge in [-0.05, 0) is 30.3 Å². The third kappa shape index (κ3) is 2.59. The van der Waals surface area contributed by atoms with Gasteiger partial charge in [-0.1, -0.05) is 6.07 Å². The van der Waals surface area contributed by atoms with Gasteiger partial charge in [0.05, 0.1) is 10.9 Å². The Morgan fingerprint density at radius 1 is 1.09 bits per heavy atom. The van der Waals surface area contributed by atoms with E-state index in [4.69, 9.17) is 0 Å². The molecule has 4 aromatic rings. The normalized spacial score (nSPS) is 11.2. The molecule has 0 spiro atoms. The van der Waals surface area contributed by atoms with Gasteiger partial charge in [-0.2, -0.15) is 0 Å². The molecule has 0 bridgehead atoms. The SMILES string of the molecule is Fc1ccc2c(c1)[nH]c1ncnc(NCCc3ccccn3)c12. The van der Waals surface area contributed by atoms with Crippen LogP contribution in [0.2, 0.25) is 0 Å². The van der Waals surface area contributed by atoms with Crippen molar-refractivity contribution in [2.75, 3.05) is 11.9 Å². The summed E-state index contributed by atoms with van der Waals surface area (Å²) in [5, 5.41) is 5.11. The Kier molecular flexibility index (Phi) is 3.34. The van der Waals surface area contributed by atoms with E-state index in [2.05, 4.69) is 25.3 Å². The van der Waals surface area contributed by atoms with E-state index >= 15 is 0 Å². The summed E-state index contributed by atoms with van der Waals surface area (Å²) in [7, 11) is 0. The molecule has 2 N–H and O–H groups in total. The number of nitrogens with one attached hydrogen (secondary N) is 2. The zero-order chi connectivity index (χ0) is 15.6. The molecule has 6 heteroatoms. The maximum atomic E-state index is 13.4. The van der Waals surface area contributed by atoms with Gasteiger partial charge in [0.15, 0.2) is 0 Å². The van der Waals surface area contributed by atoms with Crippen LogP contribution in [0.4, 0.5) is 10.2 Å². The molecular weight excluding hydrogens is 293 g/mol. The Morgan fingerprint density at radius 2 is 2.04 bits per heavy atom. The first-order valence-corrected chi connectivity index (χ1v) is 7.37. The van der Waals surface area contributed by atoms with Crippen molar-refractivity contribution in [1.82, 2.24) is 19.9 Å². The van der Waals surface area contributed by atoms with Gasteiger partial charge < -0.3 is 10.3 Å².